The summed E-state index contributed by atoms with van der Waals surface area (Å²) in [5.41, 5.74) is 9.64. The number of carbonyl (C=O) groups is 1. The van der Waals surface area contributed by atoms with Crippen molar-refractivity contribution in [2.75, 3.05) is 0 Å². The van der Waals surface area contributed by atoms with Crippen molar-refractivity contribution in [3.05, 3.63) is 71.3 Å². The lowest BCUT2D eigenvalue weighted by Crippen LogP contribution is -2.31. The summed E-state index contributed by atoms with van der Waals surface area (Å²) in [6.45, 7) is 2.04. The molecule has 0 fully saturated rings. The fraction of sp³-hybridized carbons (Fsp3) is 0.176. The molecule has 4 heteroatoms. The van der Waals surface area contributed by atoms with Crippen LogP contribution in [0.1, 0.15) is 29.2 Å². The van der Waals surface area contributed by atoms with E-state index in [1.165, 1.54) is 10.6 Å². The molecule has 0 bridgehead atoms. The molecule has 0 saturated carbocycles. The predicted molar refractivity (Wildman–Crippen MR) is 82.9 cm³/mol. The average Bonchev–Trinajstić information content (AvgIpc) is 2.94. The summed E-state index contributed by atoms with van der Waals surface area (Å²) in [7, 11) is 0. The van der Waals surface area contributed by atoms with E-state index >= 15 is 0 Å². The number of nitrogens with zero attached hydrogens (tertiary/aromatic N) is 2. The van der Waals surface area contributed by atoms with Crippen LogP contribution in [0.15, 0.2) is 59.7 Å². The number of hydrazone groups is 1. The molecule has 1 aliphatic rings. The highest BCUT2D eigenvalue weighted by Gasteiger charge is 2.31. The lowest BCUT2D eigenvalue weighted by atomic mass is 9.98. The molecule has 0 saturated heterocycles. The molecule has 0 aliphatic carbocycles. The third kappa shape index (κ3) is 2.65. The van der Waals surface area contributed by atoms with Gasteiger partial charge in [-0.05, 0) is 18.1 Å². The number of carbonyl (C=O) groups excluding carboxylic acids is 1. The van der Waals surface area contributed by atoms with Crippen LogP contribution in [0.3, 0.4) is 0 Å². The number of benzene rings is 2. The molecule has 0 aromatic heterocycles. The zero-order valence-corrected chi connectivity index (χ0v) is 11.9. The number of aryl methyl sites for hydroxylation is 1. The van der Waals surface area contributed by atoms with Crippen LogP contribution in [0, 0.1) is 6.92 Å². The Morgan fingerprint density at radius 2 is 1.81 bits per heavy atom. The highest BCUT2D eigenvalue weighted by Crippen LogP contribution is 2.32. The maximum atomic E-state index is 11.7. The van der Waals surface area contributed by atoms with Gasteiger partial charge in [-0.15, -0.1) is 0 Å². The molecule has 2 aromatic carbocycles. The van der Waals surface area contributed by atoms with Gasteiger partial charge < -0.3 is 5.73 Å². The topological polar surface area (TPSA) is 58.7 Å². The average molecular weight is 279 g/mol. The van der Waals surface area contributed by atoms with Crippen molar-refractivity contribution in [1.82, 2.24) is 5.01 Å². The Hall–Kier alpha value is -2.62. The third-order valence-electron chi connectivity index (χ3n) is 3.71. The standard InChI is InChI=1S/C17H17N3O/c1-12-7-9-13(10-8-12)15-11-16(20(19-15)17(18)21)14-5-3-2-4-6-14/h2-10,16H,11H2,1H3,(H2,18,21)/t16-/m0/s1. The fourth-order valence-electron chi connectivity index (χ4n) is 2.57. The van der Waals surface area contributed by atoms with Crippen LogP contribution in [0.5, 0.6) is 0 Å². The second kappa shape index (κ2) is 5.40. The smallest absolute Gasteiger partial charge is 0.335 e. The van der Waals surface area contributed by atoms with Crippen molar-refractivity contribution < 1.29 is 4.79 Å². The zero-order chi connectivity index (χ0) is 14.8. The monoisotopic (exact) mass is 279 g/mol. The van der Waals surface area contributed by atoms with Crippen molar-refractivity contribution in [1.29, 1.82) is 0 Å². The van der Waals surface area contributed by atoms with Crippen LogP contribution in [-0.4, -0.2) is 16.8 Å². The van der Waals surface area contributed by atoms with Gasteiger partial charge in [0, 0.05) is 6.42 Å². The highest BCUT2D eigenvalue weighted by molar-refractivity contribution is 6.03. The largest absolute Gasteiger partial charge is 0.350 e. The van der Waals surface area contributed by atoms with E-state index in [1.54, 1.807) is 0 Å². The van der Waals surface area contributed by atoms with E-state index in [2.05, 4.69) is 5.10 Å². The van der Waals surface area contributed by atoms with Crippen LogP contribution >= 0.6 is 0 Å². The van der Waals surface area contributed by atoms with Crippen LogP contribution in [0.4, 0.5) is 4.79 Å². The summed E-state index contributed by atoms with van der Waals surface area (Å²) in [5, 5.41) is 5.80. The van der Waals surface area contributed by atoms with Gasteiger partial charge in [0.05, 0.1) is 11.8 Å². The number of hydrogen-bond donors (Lipinski definition) is 1. The Labute approximate surface area is 123 Å². The molecule has 0 unspecified atom stereocenters. The van der Waals surface area contributed by atoms with Gasteiger partial charge in [0.15, 0.2) is 0 Å². The van der Waals surface area contributed by atoms with E-state index < -0.39 is 6.03 Å². The van der Waals surface area contributed by atoms with Crippen molar-refractivity contribution >= 4 is 11.7 Å². The molecule has 2 aromatic rings. The van der Waals surface area contributed by atoms with Crippen molar-refractivity contribution in [3.63, 3.8) is 0 Å². The Morgan fingerprint density at radius 3 is 2.43 bits per heavy atom. The minimum atomic E-state index is -0.522. The lowest BCUT2D eigenvalue weighted by Gasteiger charge is -2.19. The maximum Gasteiger partial charge on any atom is 0.335 e. The second-order valence-corrected chi connectivity index (χ2v) is 5.23. The van der Waals surface area contributed by atoms with Gasteiger partial charge in [-0.3, -0.25) is 0 Å². The van der Waals surface area contributed by atoms with Crippen molar-refractivity contribution in [3.8, 4) is 0 Å². The Morgan fingerprint density at radius 1 is 1.14 bits per heavy atom. The summed E-state index contributed by atoms with van der Waals surface area (Å²) in [5.74, 6) is 0. The van der Waals surface area contributed by atoms with Crippen LogP contribution < -0.4 is 5.73 Å². The lowest BCUT2D eigenvalue weighted by molar-refractivity contribution is 0.196. The molecular weight excluding hydrogens is 262 g/mol. The number of nitrogens with two attached hydrogens (primary N) is 1. The molecule has 1 aliphatic heterocycles. The summed E-state index contributed by atoms with van der Waals surface area (Å²) >= 11 is 0. The minimum absolute atomic E-state index is 0.125. The van der Waals surface area contributed by atoms with Gasteiger partial charge in [0.25, 0.3) is 0 Å². The Bertz CT molecular complexity index is 677. The van der Waals surface area contributed by atoms with E-state index in [4.69, 9.17) is 5.73 Å². The number of rotatable bonds is 2. The van der Waals surface area contributed by atoms with E-state index in [0.717, 1.165) is 16.8 Å². The summed E-state index contributed by atoms with van der Waals surface area (Å²) in [6, 6.07) is 17.4. The highest BCUT2D eigenvalue weighted by atomic mass is 16.2. The fourth-order valence-corrected chi connectivity index (χ4v) is 2.57. The first-order valence-corrected chi connectivity index (χ1v) is 6.93. The first-order chi connectivity index (χ1) is 10.1. The molecular formula is C17H17N3O. The van der Waals surface area contributed by atoms with Gasteiger partial charge in [0.1, 0.15) is 0 Å². The number of amides is 2. The molecule has 3 rings (SSSR count). The van der Waals surface area contributed by atoms with E-state index in [9.17, 15) is 4.79 Å². The molecule has 106 valence electrons. The molecule has 1 heterocycles. The molecule has 2 amide bonds. The Balaban J connectivity index is 1.93. The van der Waals surface area contributed by atoms with Crippen molar-refractivity contribution in [2.45, 2.75) is 19.4 Å². The quantitative estimate of drug-likeness (QED) is 0.901. The molecule has 0 radical (unpaired) electrons. The first kappa shape index (κ1) is 13.4. The number of hydrogen-bond acceptors (Lipinski definition) is 2. The third-order valence-corrected chi connectivity index (χ3v) is 3.71. The number of primary amides is 1. The van der Waals surface area contributed by atoms with E-state index in [-0.39, 0.29) is 6.04 Å². The summed E-state index contributed by atoms with van der Waals surface area (Å²) in [4.78, 5) is 11.7. The van der Waals surface area contributed by atoms with Gasteiger partial charge in [-0.1, -0.05) is 60.2 Å². The van der Waals surface area contributed by atoms with Crippen LogP contribution in [-0.2, 0) is 0 Å². The Kier molecular flexibility index (Phi) is 3.44. The summed E-state index contributed by atoms with van der Waals surface area (Å²) < 4.78 is 0. The van der Waals surface area contributed by atoms with E-state index in [1.807, 2.05) is 61.5 Å². The molecule has 4 nitrogen and oxygen atoms in total. The number of urea groups is 1. The minimum Gasteiger partial charge on any atom is -0.350 e. The van der Waals surface area contributed by atoms with E-state index in [0.29, 0.717) is 6.42 Å². The molecule has 1 atom stereocenters. The predicted octanol–water partition coefficient (Wildman–Crippen LogP) is 3.22. The van der Waals surface area contributed by atoms with Crippen molar-refractivity contribution in [2.24, 2.45) is 10.8 Å². The first-order valence-electron chi connectivity index (χ1n) is 6.93. The molecule has 0 spiro atoms. The summed E-state index contributed by atoms with van der Waals surface area (Å²) in [6.07, 6.45) is 0.677. The van der Waals surface area contributed by atoms with Crippen LogP contribution in [0.25, 0.3) is 0 Å². The van der Waals surface area contributed by atoms with Crippen LogP contribution in [0.2, 0.25) is 0 Å². The molecule has 2 N–H and O–H groups in total. The van der Waals surface area contributed by atoms with Gasteiger partial charge in [-0.2, -0.15) is 5.10 Å². The van der Waals surface area contributed by atoms with Gasteiger partial charge in [0.2, 0.25) is 0 Å². The zero-order valence-electron chi connectivity index (χ0n) is 11.9. The van der Waals surface area contributed by atoms with Gasteiger partial charge in [-0.25, -0.2) is 9.80 Å². The SMILES string of the molecule is Cc1ccc(C2=NN(C(N)=O)[C@H](c3ccccc3)C2)cc1. The van der Waals surface area contributed by atoms with Gasteiger partial charge >= 0.3 is 6.03 Å². The second-order valence-electron chi connectivity index (χ2n) is 5.23. The molecule has 21 heavy (non-hydrogen) atoms. The maximum absolute atomic E-state index is 11.7. The normalized spacial score (nSPS) is 17.7.